The van der Waals surface area contributed by atoms with Crippen LogP contribution in [-0.2, 0) is 0 Å². The van der Waals surface area contributed by atoms with Crippen molar-refractivity contribution in [3.05, 3.63) is 33.9 Å². The summed E-state index contributed by atoms with van der Waals surface area (Å²) in [4.78, 5) is 10.7. The summed E-state index contributed by atoms with van der Waals surface area (Å²) in [5, 5.41) is 32.1. The average molecular weight is 294 g/mol. The first-order chi connectivity index (χ1) is 9.82. The molecule has 0 saturated heterocycles. The maximum atomic E-state index is 11.2. The van der Waals surface area contributed by atoms with Crippen molar-refractivity contribution < 1.29 is 19.9 Å². The van der Waals surface area contributed by atoms with Crippen LogP contribution in [0.2, 0.25) is 0 Å². The molecular weight excluding hydrogens is 276 g/mol. The van der Waals surface area contributed by atoms with Crippen molar-refractivity contribution in [1.82, 2.24) is 0 Å². The summed E-state index contributed by atoms with van der Waals surface area (Å²) in [6, 6.07) is 2.97. The number of ether oxygens (including phenoxy) is 1. The summed E-state index contributed by atoms with van der Waals surface area (Å²) in [5.41, 5.74) is 0.355. The first-order valence-electron chi connectivity index (χ1n) is 6.56. The van der Waals surface area contributed by atoms with Gasteiger partial charge in [-0.25, -0.2) is 0 Å². The van der Waals surface area contributed by atoms with Crippen molar-refractivity contribution in [2.24, 2.45) is 0 Å². The molecule has 114 valence electrons. The van der Waals surface area contributed by atoms with E-state index < -0.39 is 23.2 Å². The molecule has 0 radical (unpaired) electrons. The van der Waals surface area contributed by atoms with E-state index in [4.69, 9.17) is 9.84 Å². The number of anilines is 1. The molecule has 0 amide bonds. The van der Waals surface area contributed by atoms with Crippen LogP contribution in [0.25, 0.3) is 6.08 Å². The number of nitrogens with zero attached hydrogens (tertiary/aromatic N) is 1. The Balaban J connectivity index is 2.35. The number of hydrogen-bond donors (Lipinski definition) is 3. The summed E-state index contributed by atoms with van der Waals surface area (Å²) in [5.74, 6) is 0.447. The number of aliphatic hydroxyl groups excluding tert-OH is 2. The van der Waals surface area contributed by atoms with Crippen LogP contribution in [0.1, 0.15) is 19.4 Å². The molecule has 0 aromatic heterocycles. The molecule has 1 atom stereocenters. The molecule has 3 N–H and O–H groups in total. The van der Waals surface area contributed by atoms with Gasteiger partial charge < -0.3 is 20.3 Å². The van der Waals surface area contributed by atoms with Gasteiger partial charge in [-0.05, 0) is 26.0 Å². The summed E-state index contributed by atoms with van der Waals surface area (Å²) in [6.07, 6.45) is 2.73. The number of rotatable bonds is 5. The van der Waals surface area contributed by atoms with Crippen molar-refractivity contribution in [2.75, 3.05) is 18.5 Å². The van der Waals surface area contributed by atoms with Gasteiger partial charge in [-0.2, -0.15) is 0 Å². The maximum absolute atomic E-state index is 11.2. The summed E-state index contributed by atoms with van der Waals surface area (Å²) in [7, 11) is 0. The fourth-order valence-corrected chi connectivity index (χ4v) is 2.00. The van der Waals surface area contributed by atoms with Crippen LogP contribution in [0.4, 0.5) is 11.4 Å². The van der Waals surface area contributed by atoms with Crippen molar-refractivity contribution in [3.63, 3.8) is 0 Å². The zero-order valence-electron chi connectivity index (χ0n) is 11.9. The van der Waals surface area contributed by atoms with Crippen LogP contribution >= 0.6 is 0 Å². The zero-order chi connectivity index (χ0) is 15.6. The normalized spacial score (nSPS) is 16.8. The minimum Gasteiger partial charge on any atom is -0.483 e. The van der Waals surface area contributed by atoms with E-state index in [-0.39, 0.29) is 17.9 Å². The second-order valence-corrected chi connectivity index (χ2v) is 5.42. The Kier molecular flexibility index (Phi) is 4.15. The van der Waals surface area contributed by atoms with Gasteiger partial charge >= 0.3 is 0 Å². The fourth-order valence-electron chi connectivity index (χ4n) is 2.00. The quantitative estimate of drug-likeness (QED) is 0.562. The van der Waals surface area contributed by atoms with Crippen LogP contribution in [0.3, 0.4) is 0 Å². The number of nitro benzene ring substituents is 1. The van der Waals surface area contributed by atoms with Gasteiger partial charge in [0.15, 0.2) is 0 Å². The molecule has 0 bridgehead atoms. The fraction of sp³-hybridized carbons (Fsp3) is 0.429. The molecule has 7 heteroatoms. The Morgan fingerprint density at radius 1 is 1.48 bits per heavy atom. The summed E-state index contributed by atoms with van der Waals surface area (Å²) >= 11 is 0. The average Bonchev–Trinajstić information content (AvgIpc) is 2.42. The Morgan fingerprint density at radius 3 is 2.81 bits per heavy atom. The molecule has 2 rings (SSSR count). The predicted octanol–water partition coefficient (Wildman–Crippen LogP) is 1.54. The van der Waals surface area contributed by atoms with Gasteiger partial charge in [0.25, 0.3) is 5.69 Å². The van der Waals surface area contributed by atoms with E-state index in [0.29, 0.717) is 5.75 Å². The topological polar surface area (TPSA) is 105 Å². The van der Waals surface area contributed by atoms with Crippen LogP contribution in [0, 0.1) is 10.1 Å². The number of benzene rings is 1. The van der Waals surface area contributed by atoms with Gasteiger partial charge in [0, 0.05) is 12.1 Å². The smallest absolute Gasteiger partial charge is 0.296 e. The highest BCUT2D eigenvalue weighted by atomic mass is 16.6. The van der Waals surface area contributed by atoms with Gasteiger partial charge in [0.05, 0.1) is 23.7 Å². The zero-order valence-corrected chi connectivity index (χ0v) is 11.9. The summed E-state index contributed by atoms with van der Waals surface area (Å²) < 4.78 is 5.70. The number of hydrogen-bond acceptors (Lipinski definition) is 6. The molecule has 0 aliphatic carbocycles. The van der Waals surface area contributed by atoms with Gasteiger partial charge in [-0.3, -0.25) is 10.1 Å². The van der Waals surface area contributed by atoms with Crippen LogP contribution in [-0.4, -0.2) is 40.0 Å². The lowest BCUT2D eigenvalue weighted by Gasteiger charge is -2.28. The molecule has 1 aromatic carbocycles. The first-order valence-corrected chi connectivity index (χ1v) is 6.56. The predicted molar refractivity (Wildman–Crippen MR) is 78.4 cm³/mol. The monoisotopic (exact) mass is 294 g/mol. The second kappa shape index (κ2) is 5.71. The van der Waals surface area contributed by atoms with E-state index in [0.717, 1.165) is 5.56 Å². The van der Waals surface area contributed by atoms with Gasteiger partial charge in [-0.1, -0.05) is 6.08 Å². The Labute approximate surface area is 122 Å². The molecule has 1 aromatic rings. The van der Waals surface area contributed by atoms with E-state index in [2.05, 4.69) is 5.32 Å². The molecule has 0 saturated carbocycles. The Bertz CT molecular complexity index is 583. The molecule has 1 unspecified atom stereocenters. The molecule has 1 heterocycles. The number of nitro groups is 1. The van der Waals surface area contributed by atoms with Crippen LogP contribution in [0.15, 0.2) is 18.2 Å². The lowest BCUT2D eigenvalue weighted by molar-refractivity contribution is -0.384. The lowest BCUT2D eigenvalue weighted by Crippen LogP contribution is -2.27. The van der Waals surface area contributed by atoms with E-state index >= 15 is 0 Å². The van der Waals surface area contributed by atoms with Crippen molar-refractivity contribution >= 4 is 17.5 Å². The van der Waals surface area contributed by atoms with E-state index in [1.54, 1.807) is 6.07 Å². The minimum absolute atomic E-state index is 0.0200. The lowest BCUT2D eigenvalue weighted by atomic mass is 10.0. The highest BCUT2D eigenvalue weighted by molar-refractivity contribution is 5.73. The van der Waals surface area contributed by atoms with Gasteiger partial charge in [0.2, 0.25) is 0 Å². The highest BCUT2D eigenvalue weighted by Crippen LogP contribution is 2.38. The van der Waals surface area contributed by atoms with Crippen molar-refractivity contribution in [1.29, 1.82) is 0 Å². The largest absolute Gasteiger partial charge is 0.483 e. The molecule has 7 nitrogen and oxygen atoms in total. The number of aliphatic hydroxyl groups is 2. The molecular formula is C14H18N2O5. The third kappa shape index (κ3) is 3.50. The number of fused-ring (bicyclic) bond motifs is 1. The van der Waals surface area contributed by atoms with Crippen LogP contribution in [0.5, 0.6) is 5.75 Å². The highest BCUT2D eigenvalue weighted by Gasteiger charge is 2.26. The van der Waals surface area contributed by atoms with Gasteiger partial charge in [-0.15, -0.1) is 0 Å². The van der Waals surface area contributed by atoms with Crippen molar-refractivity contribution in [2.45, 2.75) is 25.6 Å². The second-order valence-electron chi connectivity index (χ2n) is 5.42. The molecule has 0 fully saturated rings. The SMILES string of the molecule is CC1(C)C=Cc2cc(NCC(O)CO)c([N+](=O)[O-])cc2O1. The third-order valence-electron chi connectivity index (χ3n) is 3.10. The minimum atomic E-state index is -0.980. The molecule has 1 aliphatic rings. The van der Waals surface area contributed by atoms with E-state index in [1.807, 2.05) is 26.0 Å². The van der Waals surface area contributed by atoms with E-state index in [1.165, 1.54) is 6.07 Å². The van der Waals surface area contributed by atoms with Crippen LogP contribution < -0.4 is 10.1 Å². The van der Waals surface area contributed by atoms with Gasteiger partial charge in [0.1, 0.15) is 17.0 Å². The maximum Gasteiger partial charge on any atom is 0.296 e. The standard InChI is InChI=1S/C14H18N2O5/c1-14(2)4-3-9-5-11(15-7-10(18)8-17)12(16(19)20)6-13(9)21-14/h3-6,10,15,17-18H,7-8H2,1-2H3. The Morgan fingerprint density at radius 2 is 2.19 bits per heavy atom. The molecule has 21 heavy (non-hydrogen) atoms. The van der Waals surface area contributed by atoms with Crippen molar-refractivity contribution in [3.8, 4) is 5.75 Å². The summed E-state index contributed by atoms with van der Waals surface area (Å²) in [6.45, 7) is 3.33. The molecule has 0 spiro atoms. The molecule has 1 aliphatic heterocycles. The third-order valence-corrected chi connectivity index (χ3v) is 3.10. The first kappa shape index (κ1) is 15.3. The van der Waals surface area contributed by atoms with E-state index in [9.17, 15) is 15.2 Å². The Hall–Kier alpha value is -2.12. The number of nitrogens with one attached hydrogen (secondary N) is 1.